The summed E-state index contributed by atoms with van der Waals surface area (Å²) in [5, 5.41) is 0. The number of esters is 1. The van der Waals surface area contributed by atoms with Gasteiger partial charge in [-0.3, -0.25) is 4.79 Å². The Labute approximate surface area is 128 Å². The molecule has 0 aromatic heterocycles. The van der Waals surface area contributed by atoms with Crippen molar-refractivity contribution >= 4 is 5.97 Å². The topological polar surface area (TPSA) is 35.5 Å². The SMILES string of the molecule is CC(=O)OCC(C)c1ccc2c(c1)Cc1ccc(F)cc1O2. The Morgan fingerprint density at radius 3 is 2.82 bits per heavy atom. The maximum atomic E-state index is 13.3. The van der Waals surface area contributed by atoms with Crippen LogP contribution in [0.15, 0.2) is 36.4 Å². The van der Waals surface area contributed by atoms with Crippen molar-refractivity contribution in [2.24, 2.45) is 0 Å². The zero-order chi connectivity index (χ0) is 15.7. The maximum absolute atomic E-state index is 13.3. The molecule has 0 amide bonds. The molecule has 1 atom stereocenters. The number of carbonyl (C=O) groups excluding carboxylic acids is 1. The van der Waals surface area contributed by atoms with Gasteiger partial charge in [0.15, 0.2) is 0 Å². The summed E-state index contributed by atoms with van der Waals surface area (Å²) in [4.78, 5) is 10.9. The molecular weight excluding hydrogens is 283 g/mol. The summed E-state index contributed by atoms with van der Waals surface area (Å²) in [5.41, 5.74) is 3.12. The van der Waals surface area contributed by atoms with Crippen LogP contribution in [0.25, 0.3) is 0 Å². The molecule has 3 nitrogen and oxygen atoms in total. The lowest BCUT2D eigenvalue weighted by Crippen LogP contribution is -2.09. The van der Waals surface area contributed by atoms with Gasteiger partial charge in [0, 0.05) is 25.3 Å². The molecule has 0 spiro atoms. The fraction of sp³-hybridized carbons (Fsp3) is 0.278. The summed E-state index contributed by atoms with van der Waals surface area (Å²) in [5.74, 6) is 0.872. The average Bonchev–Trinajstić information content (AvgIpc) is 2.50. The molecule has 0 N–H and O–H groups in total. The van der Waals surface area contributed by atoms with Crippen LogP contribution in [-0.2, 0) is 16.0 Å². The highest BCUT2D eigenvalue weighted by Crippen LogP contribution is 2.38. The number of carbonyl (C=O) groups is 1. The second-order valence-corrected chi connectivity index (χ2v) is 5.60. The van der Waals surface area contributed by atoms with Crippen molar-refractivity contribution in [1.82, 2.24) is 0 Å². The van der Waals surface area contributed by atoms with E-state index in [4.69, 9.17) is 9.47 Å². The summed E-state index contributed by atoms with van der Waals surface area (Å²) in [6.45, 7) is 3.78. The smallest absolute Gasteiger partial charge is 0.302 e. The van der Waals surface area contributed by atoms with E-state index < -0.39 is 0 Å². The van der Waals surface area contributed by atoms with E-state index in [0.717, 1.165) is 22.4 Å². The highest BCUT2D eigenvalue weighted by atomic mass is 19.1. The molecule has 0 aliphatic carbocycles. The molecule has 2 aromatic carbocycles. The van der Waals surface area contributed by atoms with E-state index >= 15 is 0 Å². The summed E-state index contributed by atoms with van der Waals surface area (Å²) >= 11 is 0. The van der Waals surface area contributed by atoms with Gasteiger partial charge in [-0.05, 0) is 28.8 Å². The second-order valence-electron chi connectivity index (χ2n) is 5.60. The number of benzene rings is 2. The summed E-state index contributed by atoms with van der Waals surface area (Å²) in [6.07, 6.45) is 0.707. The number of halogens is 1. The maximum Gasteiger partial charge on any atom is 0.302 e. The number of ether oxygens (including phenoxy) is 2. The Morgan fingerprint density at radius 2 is 2.05 bits per heavy atom. The molecule has 3 rings (SSSR count). The van der Waals surface area contributed by atoms with Crippen molar-refractivity contribution in [3.05, 3.63) is 58.9 Å². The van der Waals surface area contributed by atoms with E-state index in [9.17, 15) is 9.18 Å². The quantitative estimate of drug-likeness (QED) is 0.680. The van der Waals surface area contributed by atoms with Gasteiger partial charge in [0.1, 0.15) is 17.3 Å². The predicted molar refractivity (Wildman–Crippen MR) is 80.8 cm³/mol. The van der Waals surface area contributed by atoms with Crippen LogP contribution in [0, 0.1) is 5.82 Å². The molecule has 0 bridgehead atoms. The van der Waals surface area contributed by atoms with Gasteiger partial charge >= 0.3 is 5.97 Å². The molecule has 0 radical (unpaired) electrons. The van der Waals surface area contributed by atoms with Crippen LogP contribution >= 0.6 is 0 Å². The van der Waals surface area contributed by atoms with Gasteiger partial charge in [-0.1, -0.05) is 25.1 Å². The molecular formula is C18H17FO3. The lowest BCUT2D eigenvalue weighted by atomic mass is 9.94. The third-order valence-electron chi connectivity index (χ3n) is 3.82. The number of fused-ring (bicyclic) bond motifs is 2. The normalized spacial score (nSPS) is 13.6. The first-order chi connectivity index (χ1) is 10.5. The van der Waals surface area contributed by atoms with E-state index in [1.165, 1.54) is 19.1 Å². The van der Waals surface area contributed by atoms with Crippen molar-refractivity contribution in [3.8, 4) is 11.5 Å². The van der Waals surface area contributed by atoms with Crippen LogP contribution in [0.2, 0.25) is 0 Å². The number of hydrogen-bond donors (Lipinski definition) is 0. The zero-order valence-electron chi connectivity index (χ0n) is 12.6. The molecule has 0 saturated heterocycles. The van der Waals surface area contributed by atoms with E-state index in [0.29, 0.717) is 18.8 Å². The summed E-state index contributed by atoms with van der Waals surface area (Å²) in [6, 6.07) is 10.5. The summed E-state index contributed by atoms with van der Waals surface area (Å²) in [7, 11) is 0. The number of rotatable bonds is 3. The fourth-order valence-electron chi connectivity index (χ4n) is 2.58. The van der Waals surface area contributed by atoms with Gasteiger partial charge < -0.3 is 9.47 Å². The third kappa shape index (κ3) is 2.96. The minimum absolute atomic E-state index is 0.115. The molecule has 4 heteroatoms. The minimum Gasteiger partial charge on any atom is -0.465 e. The standard InChI is InChI=1S/C18H17FO3/c1-11(10-21-12(2)20)13-4-6-17-15(7-13)8-14-3-5-16(19)9-18(14)22-17/h3-7,9,11H,8,10H2,1-2H3. The molecule has 1 aliphatic rings. The van der Waals surface area contributed by atoms with Crippen molar-refractivity contribution in [2.45, 2.75) is 26.2 Å². The van der Waals surface area contributed by atoms with E-state index in [1.807, 2.05) is 19.1 Å². The first-order valence-corrected chi connectivity index (χ1v) is 7.25. The van der Waals surface area contributed by atoms with Gasteiger partial charge in [-0.15, -0.1) is 0 Å². The summed E-state index contributed by atoms with van der Waals surface area (Å²) < 4.78 is 24.1. The highest BCUT2D eigenvalue weighted by molar-refractivity contribution is 5.66. The minimum atomic E-state index is -0.297. The van der Waals surface area contributed by atoms with E-state index in [1.54, 1.807) is 6.07 Å². The largest absolute Gasteiger partial charge is 0.465 e. The molecule has 0 saturated carbocycles. The number of hydrogen-bond acceptors (Lipinski definition) is 3. The third-order valence-corrected chi connectivity index (χ3v) is 3.82. The van der Waals surface area contributed by atoms with Crippen molar-refractivity contribution in [2.75, 3.05) is 6.61 Å². The Morgan fingerprint density at radius 1 is 1.23 bits per heavy atom. The zero-order valence-corrected chi connectivity index (χ0v) is 12.6. The lowest BCUT2D eigenvalue weighted by Gasteiger charge is -2.22. The van der Waals surface area contributed by atoms with Crippen LogP contribution in [0.3, 0.4) is 0 Å². The van der Waals surface area contributed by atoms with Crippen molar-refractivity contribution < 1.29 is 18.7 Å². The Bertz CT molecular complexity index is 724. The molecule has 114 valence electrons. The van der Waals surface area contributed by atoms with Crippen LogP contribution in [0.5, 0.6) is 11.5 Å². The first kappa shape index (κ1) is 14.6. The molecule has 22 heavy (non-hydrogen) atoms. The van der Waals surface area contributed by atoms with Crippen LogP contribution in [0.1, 0.15) is 36.5 Å². The fourth-order valence-corrected chi connectivity index (χ4v) is 2.58. The Hall–Kier alpha value is -2.36. The van der Waals surface area contributed by atoms with Crippen LogP contribution in [0.4, 0.5) is 4.39 Å². The predicted octanol–water partition coefficient (Wildman–Crippen LogP) is 4.19. The van der Waals surface area contributed by atoms with Gasteiger partial charge in [0.05, 0.1) is 6.61 Å². The molecule has 2 aromatic rings. The Kier molecular flexibility index (Phi) is 3.84. The van der Waals surface area contributed by atoms with E-state index in [-0.39, 0.29) is 17.7 Å². The van der Waals surface area contributed by atoms with Gasteiger partial charge in [-0.25, -0.2) is 4.39 Å². The van der Waals surface area contributed by atoms with Gasteiger partial charge in [-0.2, -0.15) is 0 Å². The second kappa shape index (κ2) is 5.79. The molecule has 1 unspecified atom stereocenters. The highest BCUT2D eigenvalue weighted by Gasteiger charge is 2.19. The van der Waals surface area contributed by atoms with Crippen LogP contribution < -0.4 is 4.74 Å². The lowest BCUT2D eigenvalue weighted by molar-refractivity contribution is -0.141. The van der Waals surface area contributed by atoms with Gasteiger partial charge in [0.2, 0.25) is 0 Å². The van der Waals surface area contributed by atoms with Crippen LogP contribution in [-0.4, -0.2) is 12.6 Å². The van der Waals surface area contributed by atoms with E-state index in [2.05, 4.69) is 6.07 Å². The molecule has 1 aliphatic heterocycles. The molecule has 0 fully saturated rings. The van der Waals surface area contributed by atoms with Gasteiger partial charge in [0.25, 0.3) is 0 Å². The van der Waals surface area contributed by atoms with Crippen molar-refractivity contribution in [1.29, 1.82) is 0 Å². The van der Waals surface area contributed by atoms with Crippen molar-refractivity contribution in [3.63, 3.8) is 0 Å². The Balaban J connectivity index is 1.82. The molecule has 1 heterocycles. The first-order valence-electron chi connectivity index (χ1n) is 7.25. The monoisotopic (exact) mass is 300 g/mol. The average molecular weight is 300 g/mol.